The maximum Gasteiger partial charge on any atom is 0.263 e. The number of halogens is 1. The zero-order valence-electron chi connectivity index (χ0n) is 17.5. The van der Waals surface area contributed by atoms with Gasteiger partial charge in [0.1, 0.15) is 4.90 Å². The molecule has 4 rings (SSSR count). The number of hydrogen-bond donors (Lipinski definition) is 2. The van der Waals surface area contributed by atoms with Gasteiger partial charge in [0.05, 0.1) is 11.1 Å². The topological polar surface area (TPSA) is 75.3 Å². The SMILES string of the molecule is O=C(NC(c1ccccc1)c1ccccc1)c1ccc(Cl)c(S(=O)(=O)Nc2ccccc2)c1. The Morgan fingerprint density at radius 2 is 1.24 bits per heavy atom. The van der Waals surface area contributed by atoms with Crippen LogP contribution in [0.1, 0.15) is 27.5 Å². The summed E-state index contributed by atoms with van der Waals surface area (Å²) in [5, 5.41) is 3.04. The van der Waals surface area contributed by atoms with Crippen LogP contribution >= 0.6 is 11.6 Å². The molecule has 166 valence electrons. The minimum Gasteiger partial charge on any atom is -0.341 e. The molecule has 0 saturated heterocycles. The van der Waals surface area contributed by atoms with Crippen molar-refractivity contribution in [3.63, 3.8) is 0 Å². The lowest BCUT2D eigenvalue weighted by Gasteiger charge is -2.20. The molecule has 7 heteroatoms. The molecule has 1 amide bonds. The second-order valence-corrected chi connectivity index (χ2v) is 9.40. The summed E-state index contributed by atoms with van der Waals surface area (Å²) >= 11 is 6.20. The molecule has 0 spiro atoms. The standard InChI is InChI=1S/C26H21ClN2O3S/c27-23-17-16-21(18-24(23)33(31,32)29-22-14-8-3-9-15-22)26(30)28-25(19-10-4-1-5-11-19)20-12-6-2-7-13-20/h1-18,25,29H,(H,28,30). The molecule has 33 heavy (non-hydrogen) atoms. The van der Waals surface area contributed by atoms with E-state index >= 15 is 0 Å². The Bertz CT molecular complexity index is 1310. The Kier molecular flexibility index (Phi) is 6.77. The first-order valence-corrected chi connectivity index (χ1v) is 12.1. The zero-order valence-corrected chi connectivity index (χ0v) is 19.1. The Balaban J connectivity index is 1.64. The van der Waals surface area contributed by atoms with Crippen molar-refractivity contribution in [3.05, 3.63) is 131 Å². The van der Waals surface area contributed by atoms with Gasteiger partial charge in [0.25, 0.3) is 15.9 Å². The van der Waals surface area contributed by atoms with E-state index < -0.39 is 22.0 Å². The maximum atomic E-state index is 13.2. The highest BCUT2D eigenvalue weighted by atomic mass is 35.5. The van der Waals surface area contributed by atoms with Gasteiger partial charge in [-0.2, -0.15) is 0 Å². The predicted molar refractivity (Wildman–Crippen MR) is 131 cm³/mol. The molecule has 0 fully saturated rings. The van der Waals surface area contributed by atoms with Crippen molar-refractivity contribution in [2.75, 3.05) is 4.72 Å². The third-order valence-electron chi connectivity index (χ3n) is 5.05. The number of benzene rings is 4. The first-order chi connectivity index (χ1) is 15.9. The molecule has 0 aliphatic rings. The van der Waals surface area contributed by atoms with E-state index in [-0.39, 0.29) is 15.5 Å². The summed E-state index contributed by atoms with van der Waals surface area (Å²) < 4.78 is 28.4. The highest BCUT2D eigenvalue weighted by molar-refractivity contribution is 7.92. The largest absolute Gasteiger partial charge is 0.341 e. The van der Waals surface area contributed by atoms with Crippen molar-refractivity contribution in [1.82, 2.24) is 5.32 Å². The fourth-order valence-corrected chi connectivity index (χ4v) is 5.02. The highest BCUT2D eigenvalue weighted by Crippen LogP contribution is 2.27. The van der Waals surface area contributed by atoms with Gasteiger partial charge in [-0.05, 0) is 41.5 Å². The third kappa shape index (κ3) is 5.42. The van der Waals surface area contributed by atoms with Crippen molar-refractivity contribution < 1.29 is 13.2 Å². The summed E-state index contributed by atoms with van der Waals surface area (Å²) in [6, 6.07) is 31.4. The maximum absolute atomic E-state index is 13.2. The average molecular weight is 477 g/mol. The minimum absolute atomic E-state index is 0.0256. The summed E-state index contributed by atoms with van der Waals surface area (Å²) in [4.78, 5) is 13.0. The van der Waals surface area contributed by atoms with Crippen LogP contribution in [0.25, 0.3) is 0 Å². The first kappa shape index (κ1) is 22.6. The number of carbonyl (C=O) groups is 1. The molecule has 0 aliphatic carbocycles. The molecule has 0 atom stereocenters. The molecule has 0 radical (unpaired) electrons. The van der Waals surface area contributed by atoms with E-state index in [2.05, 4.69) is 10.0 Å². The van der Waals surface area contributed by atoms with Gasteiger partial charge >= 0.3 is 0 Å². The van der Waals surface area contributed by atoms with Crippen molar-refractivity contribution >= 4 is 33.2 Å². The van der Waals surface area contributed by atoms with Gasteiger partial charge < -0.3 is 5.32 Å². The normalized spacial score (nSPS) is 11.2. The number of hydrogen-bond acceptors (Lipinski definition) is 3. The van der Waals surface area contributed by atoms with Crippen LogP contribution in [0.2, 0.25) is 5.02 Å². The fraction of sp³-hybridized carbons (Fsp3) is 0.0385. The van der Waals surface area contributed by atoms with Crippen LogP contribution in [0, 0.1) is 0 Å². The van der Waals surface area contributed by atoms with E-state index in [0.717, 1.165) is 11.1 Å². The molecule has 2 N–H and O–H groups in total. The van der Waals surface area contributed by atoms with E-state index in [4.69, 9.17) is 11.6 Å². The van der Waals surface area contributed by atoms with Crippen LogP contribution in [-0.4, -0.2) is 14.3 Å². The number of nitrogens with one attached hydrogen (secondary N) is 2. The van der Waals surface area contributed by atoms with Gasteiger partial charge in [0, 0.05) is 11.3 Å². The van der Waals surface area contributed by atoms with Crippen LogP contribution in [0.15, 0.2) is 114 Å². The van der Waals surface area contributed by atoms with E-state index in [1.54, 1.807) is 30.3 Å². The van der Waals surface area contributed by atoms with Crippen molar-refractivity contribution in [1.29, 1.82) is 0 Å². The molecule has 0 aliphatic heterocycles. The number of amides is 1. The summed E-state index contributed by atoms with van der Waals surface area (Å²) in [6.07, 6.45) is 0. The first-order valence-electron chi connectivity index (χ1n) is 10.2. The summed E-state index contributed by atoms with van der Waals surface area (Å²) in [5.74, 6) is -0.416. The summed E-state index contributed by atoms with van der Waals surface area (Å²) in [5.41, 5.74) is 2.40. The number of sulfonamides is 1. The van der Waals surface area contributed by atoms with Gasteiger partial charge in [0.15, 0.2) is 0 Å². The smallest absolute Gasteiger partial charge is 0.263 e. The number of para-hydroxylation sites is 1. The number of carbonyl (C=O) groups excluding carboxylic acids is 1. The Hall–Kier alpha value is -3.61. The Labute approximate surface area is 198 Å². The second kappa shape index (κ2) is 9.90. The van der Waals surface area contributed by atoms with Crippen LogP contribution in [0.4, 0.5) is 5.69 Å². The monoisotopic (exact) mass is 476 g/mol. The molecule has 0 saturated carbocycles. The van der Waals surface area contributed by atoms with E-state index in [9.17, 15) is 13.2 Å². The van der Waals surface area contributed by atoms with E-state index in [0.29, 0.717) is 5.69 Å². The van der Waals surface area contributed by atoms with Gasteiger partial charge in [-0.3, -0.25) is 9.52 Å². The number of anilines is 1. The third-order valence-corrected chi connectivity index (χ3v) is 6.91. The van der Waals surface area contributed by atoms with Crippen LogP contribution in [0.3, 0.4) is 0 Å². The van der Waals surface area contributed by atoms with Gasteiger partial charge in [-0.1, -0.05) is 90.5 Å². The lowest BCUT2D eigenvalue weighted by Crippen LogP contribution is -2.29. The van der Waals surface area contributed by atoms with E-state index in [1.807, 2.05) is 60.7 Å². The van der Waals surface area contributed by atoms with Crippen molar-refractivity contribution in [3.8, 4) is 0 Å². The summed E-state index contributed by atoms with van der Waals surface area (Å²) in [6.45, 7) is 0. The Morgan fingerprint density at radius 1 is 0.727 bits per heavy atom. The number of rotatable bonds is 7. The molecule has 0 aromatic heterocycles. The molecule has 0 bridgehead atoms. The zero-order chi connectivity index (χ0) is 23.3. The lowest BCUT2D eigenvalue weighted by molar-refractivity contribution is 0.0942. The minimum atomic E-state index is -3.99. The van der Waals surface area contributed by atoms with Crippen LogP contribution < -0.4 is 10.0 Å². The van der Waals surface area contributed by atoms with Crippen LogP contribution in [0.5, 0.6) is 0 Å². The molecule has 4 aromatic rings. The van der Waals surface area contributed by atoms with Gasteiger partial charge in [-0.25, -0.2) is 8.42 Å². The predicted octanol–water partition coefficient (Wildman–Crippen LogP) is 5.66. The van der Waals surface area contributed by atoms with Gasteiger partial charge in [0.2, 0.25) is 0 Å². The average Bonchev–Trinajstić information content (AvgIpc) is 2.84. The molecule has 0 unspecified atom stereocenters. The quantitative estimate of drug-likeness (QED) is 0.361. The van der Waals surface area contributed by atoms with Crippen LogP contribution in [-0.2, 0) is 10.0 Å². The molecule has 5 nitrogen and oxygen atoms in total. The lowest BCUT2D eigenvalue weighted by atomic mass is 9.98. The molecular weight excluding hydrogens is 456 g/mol. The molecular formula is C26H21ClN2O3S. The summed E-state index contributed by atoms with van der Waals surface area (Å²) in [7, 11) is -3.99. The van der Waals surface area contributed by atoms with Gasteiger partial charge in [-0.15, -0.1) is 0 Å². The highest BCUT2D eigenvalue weighted by Gasteiger charge is 2.22. The Morgan fingerprint density at radius 3 is 1.79 bits per heavy atom. The van der Waals surface area contributed by atoms with E-state index in [1.165, 1.54) is 18.2 Å². The van der Waals surface area contributed by atoms with Crippen molar-refractivity contribution in [2.24, 2.45) is 0 Å². The fourth-order valence-electron chi connectivity index (χ4n) is 3.43. The molecule has 4 aromatic carbocycles. The molecule has 0 heterocycles. The van der Waals surface area contributed by atoms with Crippen molar-refractivity contribution in [2.45, 2.75) is 10.9 Å². The second-order valence-electron chi connectivity index (χ2n) is 7.34.